The minimum absolute atomic E-state index is 0.184. The highest BCUT2D eigenvalue weighted by Gasteiger charge is 2.52. The van der Waals surface area contributed by atoms with Crippen molar-refractivity contribution in [3.05, 3.63) is 80.8 Å². The van der Waals surface area contributed by atoms with Gasteiger partial charge in [0.05, 0.1) is 6.61 Å². The molecule has 0 radical (unpaired) electrons. The molecule has 9 nitrogen and oxygen atoms in total. The molecular formula is C19H18N2O7. The standard InChI is InChI=1S/C19H18N2O7/c1-11-8-20(17-15-14(12(2)26-17)27-19(24)28-15)18(23)21(16(11)22)10-25-9-13-6-4-3-5-7-13/h3-8,14-15,17H,2,9-10H2,1H3/t14?,15-,17+/m0/s1. The van der Waals surface area contributed by atoms with Gasteiger partial charge in [-0.15, -0.1) is 0 Å². The van der Waals surface area contributed by atoms with E-state index in [1.807, 2.05) is 30.3 Å². The van der Waals surface area contributed by atoms with Crippen molar-refractivity contribution < 1.29 is 23.7 Å². The Hall–Kier alpha value is -3.33. The molecule has 2 aliphatic rings. The van der Waals surface area contributed by atoms with Crippen LogP contribution >= 0.6 is 0 Å². The predicted octanol–water partition coefficient (Wildman–Crippen LogP) is 1.44. The van der Waals surface area contributed by atoms with Crippen molar-refractivity contribution in [3.8, 4) is 0 Å². The summed E-state index contributed by atoms with van der Waals surface area (Å²) in [6.07, 6.45) is -2.11. The molecule has 0 N–H and O–H groups in total. The van der Waals surface area contributed by atoms with Crippen molar-refractivity contribution in [1.29, 1.82) is 0 Å². The first-order valence-electron chi connectivity index (χ1n) is 8.62. The Morgan fingerprint density at radius 3 is 2.61 bits per heavy atom. The molecule has 0 spiro atoms. The van der Waals surface area contributed by atoms with Crippen molar-refractivity contribution in [1.82, 2.24) is 9.13 Å². The van der Waals surface area contributed by atoms with Gasteiger partial charge in [-0.25, -0.2) is 14.2 Å². The summed E-state index contributed by atoms with van der Waals surface area (Å²) in [7, 11) is 0. The quantitative estimate of drug-likeness (QED) is 0.717. The first kappa shape index (κ1) is 18.1. The van der Waals surface area contributed by atoms with Crippen LogP contribution in [0.15, 0.2) is 58.5 Å². The molecule has 2 aromatic rings. The number of carbonyl (C=O) groups is 1. The fourth-order valence-corrected chi connectivity index (χ4v) is 3.22. The highest BCUT2D eigenvalue weighted by molar-refractivity contribution is 5.63. The first-order chi connectivity index (χ1) is 13.5. The van der Waals surface area contributed by atoms with E-state index in [0.717, 1.165) is 10.1 Å². The second-order valence-electron chi connectivity index (χ2n) is 6.54. The molecule has 3 atom stereocenters. The van der Waals surface area contributed by atoms with E-state index in [2.05, 4.69) is 6.58 Å². The molecule has 146 valence electrons. The molecular weight excluding hydrogens is 368 g/mol. The van der Waals surface area contributed by atoms with Crippen LogP contribution in [0.4, 0.5) is 4.79 Å². The summed E-state index contributed by atoms with van der Waals surface area (Å²) >= 11 is 0. The van der Waals surface area contributed by atoms with Gasteiger partial charge in [0.25, 0.3) is 5.56 Å². The normalized spacial score (nSPS) is 23.1. The fourth-order valence-electron chi connectivity index (χ4n) is 3.22. The second kappa shape index (κ2) is 7.01. The number of aryl methyl sites for hydroxylation is 1. The number of carbonyl (C=O) groups excluding carboxylic acids is 1. The maximum Gasteiger partial charge on any atom is 0.509 e. The van der Waals surface area contributed by atoms with Gasteiger partial charge in [0, 0.05) is 11.8 Å². The fraction of sp³-hybridized carbons (Fsp3) is 0.316. The number of ether oxygens (including phenoxy) is 4. The second-order valence-corrected chi connectivity index (χ2v) is 6.54. The molecule has 0 amide bonds. The van der Waals surface area contributed by atoms with Crippen LogP contribution in [0.25, 0.3) is 0 Å². The third kappa shape index (κ3) is 3.09. The van der Waals surface area contributed by atoms with E-state index in [0.29, 0.717) is 5.56 Å². The number of aromatic nitrogens is 2. The lowest BCUT2D eigenvalue weighted by atomic mass is 10.2. The van der Waals surface area contributed by atoms with E-state index < -0.39 is 35.8 Å². The van der Waals surface area contributed by atoms with Gasteiger partial charge in [0.1, 0.15) is 12.5 Å². The molecule has 1 aromatic heterocycles. The summed E-state index contributed by atoms with van der Waals surface area (Å²) in [5.41, 5.74) is 0.107. The highest BCUT2D eigenvalue weighted by Crippen LogP contribution is 2.38. The van der Waals surface area contributed by atoms with Crippen LogP contribution in [0, 0.1) is 6.92 Å². The van der Waals surface area contributed by atoms with Crippen LogP contribution < -0.4 is 11.2 Å². The molecule has 4 rings (SSSR count). The van der Waals surface area contributed by atoms with Crippen molar-refractivity contribution in [2.24, 2.45) is 0 Å². The van der Waals surface area contributed by atoms with Crippen LogP contribution in [0.2, 0.25) is 0 Å². The molecule has 2 fully saturated rings. The number of nitrogens with zero attached hydrogens (tertiary/aromatic N) is 2. The third-order valence-electron chi connectivity index (χ3n) is 4.60. The molecule has 1 aromatic carbocycles. The average Bonchev–Trinajstić information content (AvgIpc) is 3.20. The Bertz CT molecular complexity index is 1040. The van der Waals surface area contributed by atoms with E-state index in [1.165, 1.54) is 10.8 Å². The Balaban J connectivity index is 1.61. The first-order valence-corrected chi connectivity index (χ1v) is 8.62. The molecule has 2 saturated heterocycles. The Kier molecular flexibility index (Phi) is 4.52. The Morgan fingerprint density at radius 1 is 1.11 bits per heavy atom. The third-order valence-corrected chi connectivity index (χ3v) is 4.60. The van der Waals surface area contributed by atoms with Gasteiger partial charge >= 0.3 is 11.8 Å². The lowest BCUT2D eigenvalue weighted by Crippen LogP contribution is -2.44. The zero-order valence-corrected chi connectivity index (χ0v) is 15.1. The molecule has 28 heavy (non-hydrogen) atoms. The van der Waals surface area contributed by atoms with Crippen molar-refractivity contribution in [3.63, 3.8) is 0 Å². The van der Waals surface area contributed by atoms with Crippen LogP contribution in [-0.2, 0) is 32.3 Å². The van der Waals surface area contributed by atoms with Crippen molar-refractivity contribution >= 4 is 6.16 Å². The topological polar surface area (TPSA) is 98.0 Å². The smallest absolute Gasteiger partial charge is 0.467 e. The largest absolute Gasteiger partial charge is 0.509 e. The minimum atomic E-state index is -0.976. The zero-order valence-electron chi connectivity index (χ0n) is 15.1. The minimum Gasteiger partial charge on any atom is -0.467 e. The zero-order chi connectivity index (χ0) is 19.8. The van der Waals surface area contributed by atoms with Gasteiger partial charge in [-0.1, -0.05) is 36.9 Å². The van der Waals surface area contributed by atoms with E-state index in [9.17, 15) is 14.4 Å². The number of hydrogen-bond acceptors (Lipinski definition) is 7. The molecule has 1 unspecified atom stereocenters. The summed E-state index contributed by atoms with van der Waals surface area (Å²) < 4.78 is 23.4. The average molecular weight is 386 g/mol. The number of hydrogen-bond donors (Lipinski definition) is 0. The number of benzene rings is 1. The van der Waals surface area contributed by atoms with Gasteiger partial charge < -0.3 is 18.9 Å². The predicted molar refractivity (Wildman–Crippen MR) is 95.3 cm³/mol. The van der Waals surface area contributed by atoms with E-state index >= 15 is 0 Å². The van der Waals surface area contributed by atoms with Gasteiger partial charge in [0.2, 0.25) is 18.4 Å². The molecule has 2 aliphatic heterocycles. The maximum absolute atomic E-state index is 12.9. The lowest BCUT2D eigenvalue weighted by molar-refractivity contribution is -0.00341. The van der Waals surface area contributed by atoms with E-state index in [1.54, 1.807) is 6.92 Å². The Labute approximate surface area is 159 Å². The maximum atomic E-state index is 12.9. The monoisotopic (exact) mass is 386 g/mol. The van der Waals surface area contributed by atoms with Gasteiger partial charge in [-0.3, -0.25) is 9.36 Å². The molecule has 9 heteroatoms. The SMILES string of the molecule is C=C1O[C@@H](n2cc(C)c(=O)n(COCc3ccccc3)c2=O)[C@H]2OC(=O)OC12. The molecule has 0 aliphatic carbocycles. The highest BCUT2D eigenvalue weighted by atomic mass is 16.8. The van der Waals surface area contributed by atoms with Gasteiger partial charge in [-0.05, 0) is 12.5 Å². The van der Waals surface area contributed by atoms with Crippen LogP contribution in [0.5, 0.6) is 0 Å². The van der Waals surface area contributed by atoms with E-state index in [4.69, 9.17) is 18.9 Å². The lowest BCUT2D eigenvalue weighted by Gasteiger charge is -2.19. The van der Waals surface area contributed by atoms with E-state index in [-0.39, 0.29) is 19.1 Å². The summed E-state index contributed by atoms with van der Waals surface area (Å²) in [5.74, 6) is 0.184. The molecule has 3 heterocycles. The van der Waals surface area contributed by atoms with Crippen molar-refractivity contribution in [2.45, 2.75) is 38.7 Å². The summed E-state index contributed by atoms with van der Waals surface area (Å²) in [5, 5.41) is 0. The molecule has 0 bridgehead atoms. The number of rotatable bonds is 5. The van der Waals surface area contributed by atoms with Crippen LogP contribution in [-0.4, -0.2) is 27.5 Å². The van der Waals surface area contributed by atoms with Gasteiger partial charge in [0.15, 0.2) is 0 Å². The van der Waals surface area contributed by atoms with Crippen LogP contribution in [0.3, 0.4) is 0 Å². The van der Waals surface area contributed by atoms with Gasteiger partial charge in [-0.2, -0.15) is 0 Å². The summed E-state index contributed by atoms with van der Waals surface area (Å²) in [6, 6.07) is 9.38. The van der Waals surface area contributed by atoms with Crippen LogP contribution in [0.1, 0.15) is 17.4 Å². The Morgan fingerprint density at radius 2 is 1.86 bits per heavy atom. The summed E-state index contributed by atoms with van der Waals surface area (Å²) in [4.78, 5) is 36.8. The molecule has 0 saturated carbocycles. The number of fused-ring (bicyclic) bond motifs is 1. The van der Waals surface area contributed by atoms with Crippen molar-refractivity contribution in [2.75, 3.05) is 0 Å². The summed E-state index contributed by atoms with van der Waals surface area (Å²) in [6.45, 7) is 5.28.